The van der Waals surface area contributed by atoms with Crippen LogP contribution in [-0.2, 0) is 4.79 Å². The minimum absolute atomic E-state index is 0.0963. The molecule has 1 aromatic rings. The lowest BCUT2D eigenvalue weighted by Gasteiger charge is -2.34. The first-order valence-corrected chi connectivity index (χ1v) is 7.30. The topological polar surface area (TPSA) is 49.8 Å². The molecule has 1 N–H and O–H groups in total. The second-order valence-electron chi connectivity index (χ2n) is 5.86. The van der Waals surface area contributed by atoms with Gasteiger partial charge in [-0.2, -0.15) is 0 Å². The average Bonchev–Trinajstić information content (AvgIpc) is 2.82. The zero-order valence-electron chi connectivity index (χ0n) is 11.8. The van der Waals surface area contributed by atoms with Crippen molar-refractivity contribution in [1.82, 2.24) is 4.90 Å². The second-order valence-corrected chi connectivity index (χ2v) is 5.86. The van der Waals surface area contributed by atoms with Crippen molar-refractivity contribution in [2.75, 3.05) is 20.2 Å². The quantitative estimate of drug-likeness (QED) is 0.916. The van der Waals surface area contributed by atoms with Gasteiger partial charge in [0, 0.05) is 25.0 Å². The fourth-order valence-corrected chi connectivity index (χ4v) is 3.32. The number of hydrogen-bond donors (Lipinski definition) is 1. The van der Waals surface area contributed by atoms with Gasteiger partial charge < -0.3 is 9.84 Å². The van der Waals surface area contributed by atoms with Crippen molar-refractivity contribution in [3.63, 3.8) is 0 Å². The molecule has 0 amide bonds. The summed E-state index contributed by atoms with van der Waals surface area (Å²) in [4.78, 5) is 13.9. The Morgan fingerprint density at radius 1 is 1.25 bits per heavy atom. The molecule has 1 aliphatic heterocycles. The fraction of sp³-hybridized carbons (Fsp3) is 0.562. The molecule has 2 atom stereocenters. The Balaban J connectivity index is 1.79. The Kier molecular flexibility index (Phi) is 3.66. The molecule has 1 aromatic carbocycles. The summed E-state index contributed by atoms with van der Waals surface area (Å²) in [7, 11) is 1.64. The van der Waals surface area contributed by atoms with Crippen LogP contribution in [-0.4, -0.2) is 42.2 Å². The normalized spacial score (nSPS) is 27.2. The Labute approximate surface area is 119 Å². The molecule has 0 radical (unpaired) electrons. The highest BCUT2D eigenvalue weighted by Crippen LogP contribution is 2.38. The van der Waals surface area contributed by atoms with E-state index in [9.17, 15) is 9.90 Å². The number of rotatable bonds is 4. The molecule has 1 saturated carbocycles. The van der Waals surface area contributed by atoms with Crippen molar-refractivity contribution >= 4 is 5.97 Å². The molecule has 108 valence electrons. The van der Waals surface area contributed by atoms with Crippen LogP contribution in [0.4, 0.5) is 0 Å². The van der Waals surface area contributed by atoms with Gasteiger partial charge in [0.05, 0.1) is 13.0 Å². The number of nitrogens with zero attached hydrogens (tertiary/aromatic N) is 1. The molecule has 1 unspecified atom stereocenters. The lowest BCUT2D eigenvalue weighted by atomic mass is 9.89. The third kappa shape index (κ3) is 2.40. The predicted molar refractivity (Wildman–Crippen MR) is 76.1 cm³/mol. The minimum Gasteiger partial charge on any atom is -0.497 e. The summed E-state index contributed by atoms with van der Waals surface area (Å²) in [5.74, 6) is -0.0508. The first kappa shape index (κ1) is 13.4. The van der Waals surface area contributed by atoms with E-state index in [1.165, 1.54) is 19.3 Å². The molecule has 4 nitrogen and oxygen atoms in total. The Morgan fingerprint density at radius 3 is 2.45 bits per heavy atom. The van der Waals surface area contributed by atoms with Crippen LogP contribution < -0.4 is 4.74 Å². The largest absolute Gasteiger partial charge is 0.497 e. The average molecular weight is 275 g/mol. The number of aliphatic carboxylic acids is 1. The van der Waals surface area contributed by atoms with Crippen molar-refractivity contribution < 1.29 is 14.6 Å². The summed E-state index contributed by atoms with van der Waals surface area (Å²) in [6.07, 6.45) is 3.73. The van der Waals surface area contributed by atoms with Crippen molar-refractivity contribution in [2.45, 2.75) is 31.2 Å². The molecule has 20 heavy (non-hydrogen) atoms. The third-order valence-corrected chi connectivity index (χ3v) is 4.80. The fourth-order valence-electron chi connectivity index (χ4n) is 3.32. The van der Waals surface area contributed by atoms with E-state index in [4.69, 9.17) is 4.74 Å². The van der Waals surface area contributed by atoms with Gasteiger partial charge >= 0.3 is 5.97 Å². The van der Waals surface area contributed by atoms with Crippen molar-refractivity contribution in [3.05, 3.63) is 29.8 Å². The van der Waals surface area contributed by atoms with Gasteiger partial charge in [0.1, 0.15) is 5.75 Å². The Morgan fingerprint density at radius 2 is 1.95 bits per heavy atom. The standard InChI is InChI=1S/C16H21NO3/c1-20-13-7-5-11(6-8-13)14-9-17(12-3-2-4-12)10-15(14)16(18)19/h5-8,12,14-15H,2-4,9-10H2,1H3,(H,18,19)/t14-,15?/m0/s1. The smallest absolute Gasteiger partial charge is 0.308 e. The number of likely N-dealkylation sites (tertiary alicyclic amines) is 1. The number of benzene rings is 1. The summed E-state index contributed by atoms with van der Waals surface area (Å²) in [5, 5.41) is 9.48. The predicted octanol–water partition coefficient (Wildman–Crippen LogP) is 2.35. The van der Waals surface area contributed by atoms with Crippen LogP contribution in [0.15, 0.2) is 24.3 Å². The van der Waals surface area contributed by atoms with E-state index in [1.54, 1.807) is 7.11 Å². The zero-order chi connectivity index (χ0) is 14.1. The van der Waals surface area contributed by atoms with Crippen LogP contribution in [0.3, 0.4) is 0 Å². The van der Waals surface area contributed by atoms with Crippen LogP contribution in [0.5, 0.6) is 5.75 Å². The third-order valence-electron chi connectivity index (χ3n) is 4.80. The molecule has 2 aliphatic rings. The molecule has 3 rings (SSSR count). The van der Waals surface area contributed by atoms with E-state index >= 15 is 0 Å². The van der Waals surface area contributed by atoms with Gasteiger partial charge in [0.15, 0.2) is 0 Å². The van der Waals surface area contributed by atoms with E-state index in [2.05, 4.69) is 4.90 Å². The number of carboxylic acids is 1. The highest BCUT2D eigenvalue weighted by atomic mass is 16.5. The van der Waals surface area contributed by atoms with Gasteiger partial charge in [-0.15, -0.1) is 0 Å². The Hall–Kier alpha value is -1.55. The highest BCUT2D eigenvalue weighted by molar-refractivity contribution is 5.72. The van der Waals surface area contributed by atoms with Crippen molar-refractivity contribution in [2.24, 2.45) is 5.92 Å². The molecular weight excluding hydrogens is 254 g/mol. The molecule has 1 heterocycles. The number of carboxylic acid groups (broad SMARTS) is 1. The SMILES string of the molecule is COc1ccc([C@@H]2CN(C3CCC3)CC2C(=O)O)cc1. The van der Waals surface area contributed by atoms with E-state index in [1.807, 2.05) is 24.3 Å². The molecule has 0 bridgehead atoms. The number of methoxy groups -OCH3 is 1. The van der Waals surface area contributed by atoms with E-state index in [0.29, 0.717) is 12.6 Å². The molecule has 2 fully saturated rings. The zero-order valence-corrected chi connectivity index (χ0v) is 11.8. The van der Waals surface area contributed by atoms with Crippen LogP contribution in [0.25, 0.3) is 0 Å². The van der Waals surface area contributed by atoms with Gasteiger partial charge in [0.25, 0.3) is 0 Å². The summed E-state index contributed by atoms with van der Waals surface area (Å²) in [6.45, 7) is 1.56. The van der Waals surface area contributed by atoms with Gasteiger partial charge in [0.2, 0.25) is 0 Å². The molecule has 4 heteroatoms. The van der Waals surface area contributed by atoms with Gasteiger partial charge in [-0.05, 0) is 30.5 Å². The van der Waals surface area contributed by atoms with Crippen LogP contribution >= 0.6 is 0 Å². The van der Waals surface area contributed by atoms with E-state index < -0.39 is 5.97 Å². The first-order valence-electron chi connectivity index (χ1n) is 7.30. The summed E-state index contributed by atoms with van der Waals surface area (Å²) < 4.78 is 5.17. The van der Waals surface area contributed by atoms with Crippen LogP contribution in [0, 0.1) is 5.92 Å². The lowest BCUT2D eigenvalue weighted by molar-refractivity contribution is -0.141. The molecule has 0 spiro atoms. The van der Waals surface area contributed by atoms with Crippen molar-refractivity contribution in [1.29, 1.82) is 0 Å². The minimum atomic E-state index is -0.673. The van der Waals surface area contributed by atoms with Crippen LogP contribution in [0.2, 0.25) is 0 Å². The number of carbonyl (C=O) groups is 1. The maximum Gasteiger partial charge on any atom is 0.308 e. The maximum absolute atomic E-state index is 11.5. The van der Waals surface area contributed by atoms with E-state index in [0.717, 1.165) is 17.9 Å². The van der Waals surface area contributed by atoms with Crippen molar-refractivity contribution in [3.8, 4) is 5.75 Å². The molecule has 1 aliphatic carbocycles. The highest BCUT2D eigenvalue weighted by Gasteiger charge is 2.41. The first-order chi connectivity index (χ1) is 9.69. The van der Waals surface area contributed by atoms with Gasteiger partial charge in [-0.1, -0.05) is 18.6 Å². The second kappa shape index (κ2) is 5.44. The number of ether oxygens (including phenoxy) is 1. The number of hydrogen-bond acceptors (Lipinski definition) is 3. The summed E-state index contributed by atoms with van der Waals surface area (Å²) in [5.41, 5.74) is 1.11. The monoisotopic (exact) mass is 275 g/mol. The van der Waals surface area contributed by atoms with E-state index in [-0.39, 0.29) is 11.8 Å². The summed E-state index contributed by atoms with van der Waals surface area (Å²) in [6, 6.07) is 8.45. The molecular formula is C16H21NO3. The lowest BCUT2D eigenvalue weighted by Crippen LogP contribution is -2.38. The molecule has 0 aromatic heterocycles. The maximum atomic E-state index is 11.5. The van der Waals surface area contributed by atoms with Gasteiger partial charge in [-0.25, -0.2) is 0 Å². The molecule has 1 saturated heterocycles. The Bertz CT molecular complexity index is 481. The van der Waals surface area contributed by atoms with Crippen LogP contribution in [0.1, 0.15) is 30.7 Å². The van der Waals surface area contributed by atoms with Gasteiger partial charge in [-0.3, -0.25) is 9.69 Å². The summed E-state index contributed by atoms with van der Waals surface area (Å²) >= 11 is 0.